The van der Waals surface area contributed by atoms with E-state index in [0.717, 1.165) is 48.1 Å². The molecule has 22 heavy (non-hydrogen) atoms. The zero-order valence-corrected chi connectivity index (χ0v) is 14.5. The number of carbonyl (C=O) groups excluding carboxylic acids is 1. The summed E-state index contributed by atoms with van der Waals surface area (Å²) in [6.45, 7) is 1.96. The third-order valence-corrected chi connectivity index (χ3v) is 5.26. The van der Waals surface area contributed by atoms with Gasteiger partial charge in [0.25, 0.3) is 5.91 Å². The van der Waals surface area contributed by atoms with Gasteiger partial charge in [-0.1, -0.05) is 0 Å². The van der Waals surface area contributed by atoms with Crippen LogP contribution in [0.3, 0.4) is 0 Å². The Morgan fingerprint density at radius 2 is 2.05 bits per heavy atom. The zero-order chi connectivity index (χ0) is 13.5. The van der Waals surface area contributed by atoms with Crippen LogP contribution < -0.4 is 5.32 Å². The summed E-state index contributed by atoms with van der Waals surface area (Å²) in [5.41, 5.74) is 3.62. The Hall–Kier alpha value is -0.880. The van der Waals surface area contributed by atoms with E-state index >= 15 is 0 Å². The van der Waals surface area contributed by atoms with E-state index in [2.05, 4.69) is 15.2 Å². The predicted molar refractivity (Wildman–Crippen MR) is 94.6 cm³/mol. The third-order valence-electron chi connectivity index (χ3n) is 4.47. The lowest BCUT2D eigenvalue weighted by Gasteiger charge is -2.28. The number of carbonyl (C=O) groups is 1. The second-order valence-corrected chi connectivity index (χ2v) is 6.51. The summed E-state index contributed by atoms with van der Waals surface area (Å²) in [6, 6.07) is 6.65. The molecule has 2 fully saturated rings. The largest absolute Gasteiger partial charge is 0.331 e. The first-order chi connectivity index (χ1) is 9.83. The minimum Gasteiger partial charge on any atom is -0.331 e. The minimum absolute atomic E-state index is 0. The summed E-state index contributed by atoms with van der Waals surface area (Å²) in [5.74, 6) is 0.191. The van der Waals surface area contributed by atoms with E-state index in [1.54, 1.807) is 11.3 Å². The van der Waals surface area contributed by atoms with Gasteiger partial charge in [-0.3, -0.25) is 4.79 Å². The van der Waals surface area contributed by atoms with Gasteiger partial charge in [0.05, 0.1) is 15.7 Å². The first kappa shape index (κ1) is 17.5. The summed E-state index contributed by atoms with van der Waals surface area (Å²) < 4.78 is 1.09. The Morgan fingerprint density at radius 1 is 1.23 bits per heavy atom. The molecule has 4 rings (SSSR count). The number of thiazole rings is 1. The number of nitrogens with zero attached hydrogens (tertiary/aromatic N) is 2. The number of hydrogen-bond donors (Lipinski definition) is 1. The standard InChI is InChI=1S/C15H17N3OS.2ClH/c19-15(10-1-4-13-14(7-10)20-9-17-13)18-11-2-3-12(18)8-16-6-5-11;;/h1,4,7,9,11-12,16H,2-3,5-6,8H2;2*1H. The lowest BCUT2D eigenvalue weighted by Crippen LogP contribution is -2.42. The van der Waals surface area contributed by atoms with Crippen molar-refractivity contribution in [3.8, 4) is 0 Å². The number of rotatable bonds is 1. The second kappa shape index (κ2) is 7.13. The first-order valence-corrected chi connectivity index (χ1v) is 8.07. The molecule has 0 spiro atoms. The number of amides is 1. The number of fused-ring (bicyclic) bond motifs is 3. The van der Waals surface area contributed by atoms with Crippen LogP contribution in [0.15, 0.2) is 23.7 Å². The molecule has 0 aliphatic carbocycles. The highest BCUT2D eigenvalue weighted by Crippen LogP contribution is 2.30. The molecule has 2 atom stereocenters. The second-order valence-electron chi connectivity index (χ2n) is 5.63. The molecule has 1 amide bonds. The highest BCUT2D eigenvalue weighted by atomic mass is 35.5. The van der Waals surface area contributed by atoms with Crippen LogP contribution in [0, 0.1) is 0 Å². The molecule has 2 saturated heterocycles. The molecule has 2 aliphatic heterocycles. The average molecular weight is 360 g/mol. The number of halogens is 2. The SMILES string of the molecule is Cl.Cl.O=C(c1ccc2ncsc2c1)N1C2CCNCC1CC2. The van der Waals surface area contributed by atoms with Crippen molar-refractivity contribution in [1.29, 1.82) is 0 Å². The number of benzene rings is 1. The monoisotopic (exact) mass is 359 g/mol. The fourth-order valence-electron chi connectivity index (χ4n) is 3.45. The van der Waals surface area contributed by atoms with E-state index in [0.29, 0.717) is 12.1 Å². The Kier molecular flexibility index (Phi) is 5.66. The molecule has 4 nitrogen and oxygen atoms in total. The molecular weight excluding hydrogens is 341 g/mol. The predicted octanol–water partition coefficient (Wildman–Crippen LogP) is 3.11. The molecule has 2 bridgehead atoms. The average Bonchev–Trinajstić information content (AvgIpc) is 3.00. The van der Waals surface area contributed by atoms with Crippen molar-refractivity contribution in [1.82, 2.24) is 15.2 Å². The normalized spacial score (nSPS) is 23.5. The van der Waals surface area contributed by atoms with E-state index in [9.17, 15) is 4.79 Å². The van der Waals surface area contributed by atoms with Crippen LogP contribution in [0.1, 0.15) is 29.6 Å². The lowest BCUT2D eigenvalue weighted by molar-refractivity contribution is 0.0680. The maximum Gasteiger partial charge on any atom is 0.254 e. The van der Waals surface area contributed by atoms with Crippen LogP contribution in [0.4, 0.5) is 0 Å². The lowest BCUT2D eigenvalue weighted by atomic mass is 10.1. The number of aromatic nitrogens is 1. The van der Waals surface area contributed by atoms with Crippen LogP contribution in [0.5, 0.6) is 0 Å². The zero-order valence-electron chi connectivity index (χ0n) is 12.0. The van der Waals surface area contributed by atoms with Crippen molar-refractivity contribution in [2.75, 3.05) is 13.1 Å². The van der Waals surface area contributed by atoms with Gasteiger partial charge in [-0.05, 0) is 44.0 Å². The van der Waals surface area contributed by atoms with E-state index < -0.39 is 0 Å². The molecule has 0 saturated carbocycles. The van der Waals surface area contributed by atoms with E-state index in [1.807, 2.05) is 23.7 Å². The van der Waals surface area contributed by atoms with E-state index in [4.69, 9.17) is 0 Å². The minimum atomic E-state index is 0. The Morgan fingerprint density at radius 3 is 2.91 bits per heavy atom. The van der Waals surface area contributed by atoms with Crippen molar-refractivity contribution >= 4 is 52.3 Å². The van der Waals surface area contributed by atoms with Crippen molar-refractivity contribution in [3.63, 3.8) is 0 Å². The maximum absolute atomic E-state index is 12.9. The first-order valence-electron chi connectivity index (χ1n) is 7.19. The molecule has 7 heteroatoms. The van der Waals surface area contributed by atoms with Gasteiger partial charge >= 0.3 is 0 Å². The van der Waals surface area contributed by atoms with Crippen LogP contribution in [-0.4, -0.2) is 41.0 Å². The van der Waals surface area contributed by atoms with Crippen molar-refractivity contribution in [2.45, 2.75) is 31.3 Å². The molecule has 120 valence electrons. The maximum atomic E-state index is 12.9. The quantitative estimate of drug-likeness (QED) is 0.850. The summed E-state index contributed by atoms with van der Waals surface area (Å²) in [6.07, 6.45) is 3.36. The van der Waals surface area contributed by atoms with Gasteiger partial charge in [-0.2, -0.15) is 0 Å². The van der Waals surface area contributed by atoms with Gasteiger partial charge in [0, 0.05) is 24.2 Å². The Labute approximate surface area is 146 Å². The Bertz CT molecular complexity index is 649. The smallest absolute Gasteiger partial charge is 0.254 e. The summed E-state index contributed by atoms with van der Waals surface area (Å²) >= 11 is 1.59. The third kappa shape index (κ3) is 2.95. The molecule has 0 radical (unpaired) electrons. The molecule has 1 N–H and O–H groups in total. The molecule has 2 unspecified atom stereocenters. The molecule has 2 aromatic rings. The fraction of sp³-hybridized carbons (Fsp3) is 0.467. The Balaban J connectivity index is 0.000000882. The molecule has 1 aromatic heterocycles. The topological polar surface area (TPSA) is 45.2 Å². The molecule has 3 heterocycles. The van der Waals surface area contributed by atoms with Crippen molar-refractivity contribution in [2.24, 2.45) is 0 Å². The van der Waals surface area contributed by atoms with Crippen LogP contribution in [0.2, 0.25) is 0 Å². The van der Waals surface area contributed by atoms with Gasteiger partial charge < -0.3 is 10.2 Å². The van der Waals surface area contributed by atoms with Crippen molar-refractivity contribution < 1.29 is 4.79 Å². The van der Waals surface area contributed by atoms with Crippen LogP contribution in [-0.2, 0) is 0 Å². The summed E-state index contributed by atoms with van der Waals surface area (Å²) in [4.78, 5) is 19.3. The molecule has 2 aliphatic rings. The fourth-order valence-corrected chi connectivity index (χ4v) is 4.17. The highest BCUT2D eigenvalue weighted by Gasteiger charge is 2.38. The van der Waals surface area contributed by atoms with Gasteiger partial charge in [-0.15, -0.1) is 36.2 Å². The van der Waals surface area contributed by atoms with Crippen LogP contribution in [0.25, 0.3) is 10.2 Å². The number of hydrogen-bond acceptors (Lipinski definition) is 4. The van der Waals surface area contributed by atoms with Gasteiger partial charge in [0.15, 0.2) is 0 Å². The van der Waals surface area contributed by atoms with Crippen molar-refractivity contribution in [3.05, 3.63) is 29.3 Å². The van der Waals surface area contributed by atoms with Gasteiger partial charge in [-0.25, -0.2) is 4.98 Å². The molecular formula is C15H19Cl2N3OS. The van der Waals surface area contributed by atoms with Crippen LogP contribution >= 0.6 is 36.2 Å². The van der Waals surface area contributed by atoms with E-state index in [1.165, 1.54) is 0 Å². The summed E-state index contributed by atoms with van der Waals surface area (Å²) in [5, 5.41) is 3.44. The highest BCUT2D eigenvalue weighted by molar-refractivity contribution is 7.16. The van der Waals surface area contributed by atoms with Gasteiger partial charge in [0.2, 0.25) is 0 Å². The van der Waals surface area contributed by atoms with E-state index in [-0.39, 0.29) is 30.7 Å². The summed E-state index contributed by atoms with van der Waals surface area (Å²) in [7, 11) is 0. The van der Waals surface area contributed by atoms with Gasteiger partial charge in [0.1, 0.15) is 0 Å². The molecule has 1 aromatic carbocycles. The number of nitrogens with one attached hydrogen (secondary N) is 1.